The van der Waals surface area contributed by atoms with Crippen molar-refractivity contribution < 1.29 is 33.3 Å². The van der Waals surface area contributed by atoms with Gasteiger partial charge in [0.05, 0.1) is 24.0 Å². The fraction of sp³-hybridized carbons (Fsp3) is 0.286. The van der Waals surface area contributed by atoms with Gasteiger partial charge in [0, 0.05) is 0 Å². The number of rotatable bonds is 4. The number of esters is 1. The molecule has 2 heterocycles. The molecule has 0 fully saturated rings. The molecule has 0 saturated heterocycles. The van der Waals surface area contributed by atoms with Crippen molar-refractivity contribution in [2.75, 3.05) is 37.1 Å². The third-order valence-electron chi connectivity index (χ3n) is 4.73. The molecule has 0 unspecified atom stereocenters. The molecular formula is C21H20N2O7. The van der Waals surface area contributed by atoms with Crippen LogP contribution in [-0.2, 0) is 14.3 Å². The van der Waals surface area contributed by atoms with E-state index in [2.05, 4.69) is 5.32 Å². The molecule has 1 N–H and O–H groups in total. The van der Waals surface area contributed by atoms with Crippen LogP contribution in [0.1, 0.15) is 17.3 Å². The average Bonchev–Trinajstić information content (AvgIpc) is 2.77. The lowest BCUT2D eigenvalue weighted by molar-refractivity contribution is -0.128. The Kier molecular flexibility index (Phi) is 5.18. The van der Waals surface area contributed by atoms with Crippen LogP contribution in [0.5, 0.6) is 17.2 Å². The molecule has 4 rings (SSSR count). The maximum absolute atomic E-state index is 12.9. The maximum Gasteiger partial charge on any atom is 0.339 e. The number of fused-ring (bicyclic) bond motifs is 2. The van der Waals surface area contributed by atoms with E-state index >= 15 is 0 Å². The van der Waals surface area contributed by atoms with Crippen molar-refractivity contribution in [2.24, 2.45) is 0 Å². The Morgan fingerprint density at radius 1 is 1.17 bits per heavy atom. The van der Waals surface area contributed by atoms with Gasteiger partial charge >= 0.3 is 5.97 Å². The fourth-order valence-electron chi connectivity index (χ4n) is 3.32. The second kappa shape index (κ2) is 7.94. The van der Waals surface area contributed by atoms with Crippen molar-refractivity contribution in [2.45, 2.75) is 13.0 Å². The summed E-state index contributed by atoms with van der Waals surface area (Å²) in [6, 6.07) is 9.88. The van der Waals surface area contributed by atoms with E-state index in [0.717, 1.165) is 0 Å². The Balaban J connectivity index is 1.53. The van der Waals surface area contributed by atoms with Gasteiger partial charge in [-0.2, -0.15) is 0 Å². The van der Waals surface area contributed by atoms with Crippen molar-refractivity contribution in [1.82, 2.24) is 0 Å². The van der Waals surface area contributed by atoms with Gasteiger partial charge in [-0.1, -0.05) is 12.1 Å². The zero-order valence-electron chi connectivity index (χ0n) is 16.5. The van der Waals surface area contributed by atoms with Gasteiger partial charge in [-0.3, -0.25) is 14.5 Å². The molecule has 2 aliphatic heterocycles. The molecule has 2 aliphatic rings. The molecule has 9 nitrogen and oxygen atoms in total. The first-order chi connectivity index (χ1) is 14.5. The number of benzene rings is 2. The first-order valence-electron chi connectivity index (χ1n) is 9.37. The fourth-order valence-corrected chi connectivity index (χ4v) is 3.32. The minimum absolute atomic E-state index is 0.157. The second-order valence-corrected chi connectivity index (χ2v) is 6.74. The third kappa shape index (κ3) is 3.61. The normalized spacial score (nSPS) is 15.5. The van der Waals surface area contributed by atoms with Gasteiger partial charge in [0.1, 0.15) is 19.8 Å². The van der Waals surface area contributed by atoms with Gasteiger partial charge in [-0.25, -0.2) is 4.79 Å². The predicted octanol–water partition coefficient (Wildman–Crippen LogP) is 2.00. The summed E-state index contributed by atoms with van der Waals surface area (Å²) >= 11 is 0. The number of ether oxygens (including phenoxy) is 4. The highest BCUT2D eigenvalue weighted by molar-refractivity contribution is 6.11. The molecule has 0 spiro atoms. The van der Waals surface area contributed by atoms with E-state index < -0.39 is 18.0 Å². The summed E-state index contributed by atoms with van der Waals surface area (Å²) in [6.07, 6.45) is -1.12. The molecule has 1 atom stereocenters. The number of nitrogens with zero attached hydrogens (tertiary/aromatic N) is 1. The first-order valence-corrected chi connectivity index (χ1v) is 9.37. The van der Waals surface area contributed by atoms with Crippen LogP contribution in [0.2, 0.25) is 0 Å². The average molecular weight is 412 g/mol. The van der Waals surface area contributed by atoms with Crippen molar-refractivity contribution in [3.63, 3.8) is 0 Å². The Hall–Kier alpha value is -3.75. The molecule has 2 aromatic rings. The van der Waals surface area contributed by atoms with E-state index in [4.69, 9.17) is 18.9 Å². The zero-order chi connectivity index (χ0) is 21.3. The summed E-state index contributed by atoms with van der Waals surface area (Å²) in [5, 5.41) is 2.71. The van der Waals surface area contributed by atoms with Gasteiger partial charge in [-0.15, -0.1) is 0 Å². The number of methoxy groups -OCH3 is 1. The largest absolute Gasteiger partial charge is 0.493 e. The zero-order valence-corrected chi connectivity index (χ0v) is 16.5. The van der Waals surface area contributed by atoms with Gasteiger partial charge in [0.2, 0.25) is 11.7 Å². The van der Waals surface area contributed by atoms with Crippen molar-refractivity contribution in [3.05, 3.63) is 42.0 Å². The minimum atomic E-state index is -1.12. The first kappa shape index (κ1) is 19.6. The number of nitrogens with one attached hydrogen (secondary N) is 1. The third-order valence-corrected chi connectivity index (χ3v) is 4.73. The summed E-state index contributed by atoms with van der Waals surface area (Å²) in [5.41, 5.74) is 1.23. The lowest BCUT2D eigenvalue weighted by Crippen LogP contribution is -2.47. The van der Waals surface area contributed by atoms with Gasteiger partial charge in [-0.05, 0) is 31.2 Å². The molecule has 9 heteroatoms. The molecule has 0 radical (unpaired) electrons. The SMILES string of the molecule is COc1cc(C(=O)O[C@@H](C)C(=O)N2CC(=O)Nc3ccccc32)cc2c1OCCO2. The topological polar surface area (TPSA) is 103 Å². The van der Waals surface area contributed by atoms with Crippen LogP contribution >= 0.6 is 0 Å². The number of hydrogen-bond donors (Lipinski definition) is 1. The summed E-state index contributed by atoms with van der Waals surface area (Å²) in [4.78, 5) is 38.9. The summed E-state index contributed by atoms with van der Waals surface area (Å²) in [5.74, 6) is -0.429. The number of carbonyl (C=O) groups excluding carboxylic acids is 3. The number of hydrogen-bond acceptors (Lipinski definition) is 7. The lowest BCUT2D eigenvalue weighted by Gasteiger charge is -2.30. The van der Waals surface area contributed by atoms with Crippen LogP contribution in [-0.4, -0.2) is 50.8 Å². The van der Waals surface area contributed by atoms with E-state index in [0.29, 0.717) is 41.8 Å². The molecule has 2 amide bonds. The number of carbonyl (C=O) groups is 3. The molecule has 0 aromatic heterocycles. The Morgan fingerprint density at radius 3 is 2.73 bits per heavy atom. The molecule has 0 aliphatic carbocycles. The molecule has 0 bridgehead atoms. The highest BCUT2D eigenvalue weighted by Gasteiger charge is 2.32. The van der Waals surface area contributed by atoms with Crippen LogP contribution in [0.3, 0.4) is 0 Å². The monoisotopic (exact) mass is 412 g/mol. The van der Waals surface area contributed by atoms with Crippen molar-refractivity contribution >= 4 is 29.2 Å². The highest BCUT2D eigenvalue weighted by atomic mass is 16.6. The molecule has 2 aromatic carbocycles. The van der Waals surface area contributed by atoms with Crippen LogP contribution in [0, 0.1) is 0 Å². The standard InChI is InChI=1S/C21H20N2O7/c1-12(20(25)23-11-18(24)22-14-5-3-4-6-15(14)23)30-21(26)13-9-16(27-2)19-17(10-13)28-7-8-29-19/h3-6,9-10,12H,7-8,11H2,1-2H3,(H,22,24)/t12-/m0/s1. The van der Waals surface area contributed by atoms with Crippen LogP contribution < -0.4 is 24.4 Å². The van der Waals surface area contributed by atoms with E-state index in [1.54, 1.807) is 24.3 Å². The predicted molar refractivity (Wildman–Crippen MR) is 106 cm³/mol. The van der Waals surface area contributed by atoms with Crippen molar-refractivity contribution in [3.8, 4) is 17.2 Å². The second-order valence-electron chi connectivity index (χ2n) is 6.74. The number of para-hydroxylation sites is 2. The lowest BCUT2D eigenvalue weighted by atomic mass is 10.1. The van der Waals surface area contributed by atoms with Crippen LogP contribution in [0.15, 0.2) is 36.4 Å². The van der Waals surface area contributed by atoms with Crippen LogP contribution in [0.25, 0.3) is 0 Å². The molecule has 0 saturated carbocycles. The van der Waals surface area contributed by atoms with Crippen molar-refractivity contribution in [1.29, 1.82) is 0 Å². The van der Waals surface area contributed by atoms with E-state index in [1.807, 2.05) is 0 Å². The minimum Gasteiger partial charge on any atom is -0.493 e. The summed E-state index contributed by atoms with van der Waals surface area (Å²) in [6.45, 7) is 2.03. The van der Waals surface area contributed by atoms with Gasteiger partial charge in [0.15, 0.2) is 17.6 Å². The Labute approximate surface area is 172 Å². The van der Waals surface area contributed by atoms with E-state index in [-0.39, 0.29) is 18.0 Å². The maximum atomic E-state index is 12.9. The quantitative estimate of drug-likeness (QED) is 0.766. The smallest absolute Gasteiger partial charge is 0.339 e. The number of anilines is 2. The molecule has 30 heavy (non-hydrogen) atoms. The van der Waals surface area contributed by atoms with Gasteiger partial charge < -0.3 is 24.3 Å². The van der Waals surface area contributed by atoms with Crippen LogP contribution in [0.4, 0.5) is 11.4 Å². The molecule has 156 valence electrons. The number of amides is 2. The van der Waals surface area contributed by atoms with E-state index in [1.165, 1.54) is 31.1 Å². The summed E-state index contributed by atoms with van der Waals surface area (Å²) < 4.78 is 21.7. The Bertz CT molecular complexity index is 1000. The summed E-state index contributed by atoms with van der Waals surface area (Å²) in [7, 11) is 1.45. The molecular weight excluding hydrogens is 392 g/mol. The highest BCUT2D eigenvalue weighted by Crippen LogP contribution is 2.40. The van der Waals surface area contributed by atoms with Gasteiger partial charge in [0.25, 0.3) is 5.91 Å². The van der Waals surface area contributed by atoms with E-state index in [9.17, 15) is 14.4 Å². The Morgan fingerprint density at radius 2 is 1.93 bits per heavy atom.